The third-order valence-corrected chi connectivity index (χ3v) is 6.91. The average molecular weight is 436 g/mol. The summed E-state index contributed by atoms with van der Waals surface area (Å²) in [7, 11) is -3.13. The Morgan fingerprint density at radius 2 is 2.07 bits per heavy atom. The molecule has 1 aromatic carbocycles. The van der Waals surface area contributed by atoms with Crippen LogP contribution in [0.3, 0.4) is 0 Å². The molecule has 30 heavy (non-hydrogen) atoms. The van der Waals surface area contributed by atoms with Gasteiger partial charge in [-0.15, -0.1) is 0 Å². The van der Waals surface area contributed by atoms with Crippen molar-refractivity contribution in [3.8, 4) is 0 Å². The van der Waals surface area contributed by atoms with Crippen LogP contribution in [0.25, 0.3) is 10.9 Å². The van der Waals surface area contributed by atoms with Gasteiger partial charge in [-0.25, -0.2) is 13.4 Å². The monoisotopic (exact) mass is 435 g/mol. The summed E-state index contributed by atoms with van der Waals surface area (Å²) in [6.07, 6.45) is -0.519. The molecule has 2 atom stereocenters. The Morgan fingerprint density at radius 3 is 2.73 bits per heavy atom. The van der Waals surface area contributed by atoms with Gasteiger partial charge < -0.3 is 14.6 Å². The molecule has 1 aliphatic rings. The van der Waals surface area contributed by atoms with Gasteiger partial charge in [0.15, 0.2) is 15.9 Å². The molecular weight excluding hydrogens is 410 g/mol. The highest BCUT2D eigenvalue weighted by atomic mass is 32.2. The van der Waals surface area contributed by atoms with E-state index < -0.39 is 27.8 Å². The molecule has 0 radical (unpaired) electrons. The van der Waals surface area contributed by atoms with Gasteiger partial charge in [0.2, 0.25) is 0 Å². The average Bonchev–Trinajstić information content (AvgIpc) is 3.06. The SMILES string of the molecule is CCN(C(=O)[C@@H](C)OC(=O)CCc1nc2ccccc2c(=O)[nH]1)[C@H]1CCS(=O)(=O)C1. The summed E-state index contributed by atoms with van der Waals surface area (Å²) in [4.78, 5) is 45.4. The predicted molar refractivity (Wildman–Crippen MR) is 111 cm³/mol. The number of H-pyrrole nitrogens is 1. The summed E-state index contributed by atoms with van der Waals surface area (Å²) in [5.74, 6) is -0.645. The van der Waals surface area contributed by atoms with Crippen molar-refractivity contribution in [3.63, 3.8) is 0 Å². The van der Waals surface area contributed by atoms with E-state index in [0.717, 1.165) is 0 Å². The third kappa shape index (κ3) is 5.05. The second-order valence-electron chi connectivity index (χ2n) is 7.34. The number of ether oxygens (including phenoxy) is 1. The molecule has 3 rings (SSSR count). The lowest BCUT2D eigenvalue weighted by Gasteiger charge is -2.29. The molecule has 1 amide bonds. The summed E-state index contributed by atoms with van der Waals surface area (Å²) in [5.41, 5.74) is 0.260. The lowest BCUT2D eigenvalue weighted by atomic mass is 10.2. The van der Waals surface area contributed by atoms with Crippen molar-refractivity contribution in [2.24, 2.45) is 0 Å². The van der Waals surface area contributed by atoms with Gasteiger partial charge >= 0.3 is 5.97 Å². The van der Waals surface area contributed by atoms with Gasteiger partial charge in [-0.1, -0.05) is 12.1 Å². The Balaban J connectivity index is 1.57. The summed E-state index contributed by atoms with van der Waals surface area (Å²) in [5, 5.41) is 0.469. The number of nitrogens with zero attached hydrogens (tertiary/aromatic N) is 2. The Labute approximate surface area is 174 Å². The minimum Gasteiger partial charge on any atom is -0.453 e. The van der Waals surface area contributed by atoms with Crippen LogP contribution in [0.15, 0.2) is 29.1 Å². The van der Waals surface area contributed by atoms with Crippen LogP contribution in [0.5, 0.6) is 0 Å². The van der Waals surface area contributed by atoms with Crippen LogP contribution in [-0.2, 0) is 30.6 Å². The highest BCUT2D eigenvalue weighted by Gasteiger charge is 2.36. The van der Waals surface area contributed by atoms with Crippen LogP contribution in [0.2, 0.25) is 0 Å². The van der Waals surface area contributed by atoms with Gasteiger partial charge in [-0.2, -0.15) is 0 Å². The fourth-order valence-corrected chi connectivity index (χ4v) is 5.36. The first-order valence-electron chi connectivity index (χ1n) is 9.88. The first kappa shape index (κ1) is 21.9. The number of carbonyl (C=O) groups is 2. The van der Waals surface area contributed by atoms with Crippen molar-refractivity contribution in [3.05, 3.63) is 40.4 Å². The van der Waals surface area contributed by atoms with E-state index in [9.17, 15) is 22.8 Å². The number of fused-ring (bicyclic) bond motifs is 1. The lowest BCUT2D eigenvalue weighted by Crippen LogP contribution is -2.46. The fourth-order valence-electron chi connectivity index (χ4n) is 3.63. The third-order valence-electron chi connectivity index (χ3n) is 5.16. The number of aryl methyl sites for hydroxylation is 1. The number of aromatic amines is 1. The van der Waals surface area contributed by atoms with Gasteiger partial charge in [0.1, 0.15) is 5.82 Å². The minimum atomic E-state index is -3.13. The van der Waals surface area contributed by atoms with Crippen LogP contribution in [0.1, 0.15) is 32.5 Å². The van der Waals surface area contributed by atoms with E-state index in [1.807, 2.05) is 0 Å². The molecule has 162 valence electrons. The second kappa shape index (κ2) is 8.95. The molecule has 1 fully saturated rings. The number of aromatic nitrogens is 2. The Morgan fingerprint density at radius 1 is 1.33 bits per heavy atom. The maximum absolute atomic E-state index is 12.7. The summed E-state index contributed by atoms with van der Waals surface area (Å²) in [6.45, 7) is 3.57. The molecule has 0 spiro atoms. The van der Waals surface area contributed by atoms with Crippen LogP contribution >= 0.6 is 0 Å². The molecule has 1 saturated heterocycles. The zero-order chi connectivity index (χ0) is 21.9. The van der Waals surface area contributed by atoms with E-state index in [4.69, 9.17) is 4.74 Å². The number of benzene rings is 1. The fraction of sp³-hybridized carbons (Fsp3) is 0.500. The molecule has 0 unspecified atom stereocenters. The van der Waals surface area contributed by atoms with Gasteiger partial charge in [-0.05, 0) is 32.4 Å². The molecule has 2 aromatic rings. The topological polar surface area (TPSA) is 126 Å². The van der Waals surface area contributed by atoms with Gasteiger partial charge in [0, 0.05) is 19.0 Å². The number of para-hydroxylation sites is 1. The van der Waals surface area contributed by atoms with Crippen molar-refractivity contribution >= 4 is 32.6 Å². The number of nitrogens with one attached hydrogen (secondary N) is 1. The van der Waals surface area contributed by atoms with E-state index in [1.54, 1.807) is 31.2 Å². The molecule has 2 heterocycles. The zero-order valence-corrected chi connectivity index (χ0v) is 17.8. The van der Waals surface area contributed by atoms with Crippen molar-refractivity contribution in [1.82, 2.24) is 14.9 Å². The van der Waals surface area contributed by atoms with E-state index in [2.05, 4.69) is 9.97 Å². The molecule has 1 N–H and O–H groups in total. The second-order valence-corrected chi connectivity index (χ2v) is 9.57. The van der Waals surface area contributed by atoms with Crippen LogP contribution < -0.4 is 5.56 Å². The molecule has 1 aromatic heterocycles. The van der Waals surface area contributed by atoms with Crippen molar-refractivity contribution in [2.45, 2.75) is 45.3 Å². The number of hydrogen-bond donors (Lipinski definition) is 1. The van der Waals surface area contributed by atoms with Crippen LogP contribution in [0.4, 0.5) is 0 Å². The Hall–Kier alpha value is -2.75. The molecule has 0 saturated carbocycles. The minimum absolute atomic E-state index is 0.0527. The molecule has 9 nitrogen and oxygen atoms in total. The number of amides is 1. The number of hydrogen-bond acceptors (Lipinski definition) is 7. The molecular formula is C20H25N3O6S. The van der Waals surface area contributed by atoms with Crippen molar-refractivity contribution in [1.29, 1.82) is 0 Å². The standard InChI is InChI=1S/C20H25N3O6S/c1-3-23(14-10-11-30(27,28)12-14)20(26)13(2)29-18(24)9-8-17-21-16-7-5-4-6-15(16)19(25)22-17/h4-7,13-14H,3,8-12H2,1-2H3,(H,21,22,25)/t13-,14+/m1/s1. The van der Waals surface area contributed by atoms with Gasteiger partial charge in [0.25, 0.3) is 11.5 Å². The summed E-state index contributed by atoms with van der Waals surface area (Å²) < 4.78 is 28.7. The van der Waals surface area contributed by atoms with E-state index in [1.165, 1.54) is 11.8 Å². The Bertz CT molecular complexity index is 1110. The van der Waals surface area contributed by atoms with Crippen molar-refractivity contribution in [2.75, 3.05) is 18.1 Å². The normalized spacial score (nSPS) is 18.8. The molecule has 0 aliphatic carbocycles. The molecule has 0 bridgehead atoms. The van der Waals surface area contributed by atoms with E-state index in [0.29, 0.717) is 29.7 Å². The number of likely N-dealkylation sites (N-methyl/N-ethyl adjacent to an activating group) is 1. The van der Waals surface area contributed by atoms with E-state index >= 15 is 0 Å². The number of sulfone groups is 1. The highest BCUT2D eigenvalue weighted by molar-refractivity contribution is 7.91. The maximum atomic E-state index is 12.7. The van der Waals surface area contributed by atoms with Crippen LogP contribution in [-0.4, -0.2) is 65.4 Å². The largest absolute Gasteiger partial charge is 0.453 e. The van der Waals surface area contributed by atoms with E-state index in [-0.39, 0.29) is 35.9 Å². The van der Waals surface area contributed by atoms with Gasteiger partial charge in [-0.3, -0.25) is 14.4 Å². The van der Waals surface area contributed by atoms with Crippen molar-refractivity contribution < 1.29 is 22.7 Å². The molecule has 1 aliphatic heterocycles. The maximum Gasteiger partial charge on any atom is 0.307 e. The number of rotatable bonds is 7. The first-order chi connectivity index (χ1) is 14.2. The first-order valence-corrected chi connectivity index (χ1v) is 11.7. The quantitative estimate of drug-likeness (QED) is 0.638. The highest BCUT2D eigenvalue weighted by Crippen LogP contribution is 2.19. The number of carbonyl (C=O) groups excluding carboxylic acids is 2. The summed E-state index contributed by atoms with van der Waals surface area (Å²) in [6, 6.07) is 6.52. The lowest BCUT2D eigenvalue weighted by molar-refractivity contribution is -0.160. The van der Waals surface area contributed by atoms with Gasteiger partial charge in [0.05, 0.1) is 28.8 Å². The summed E-state index contributed by atoms with van der Waals surface area (Å²) >= 11 is 0. The molecule has 10 heteroatoms. The Kier molecular flexibility index (Phi) is 6.55. The smallest absolute Gasteiger partial charge is 0.307 e. The van der Waals surface area contributed by atoms with Crippen LogP contribution in [0, 0.1) is 0 Å². The predicted octanol–water partition coefficient (Wildman–Crippen LogP) is 0.823. The zero-order valence-electron chi connectivity index (χ0n) is 17.0. The number of esters is 1.